The SMILES string of the molecule is CCCOc1ccc(NC(=O)C2CSCN2)cc1OCCC. The highest BCUT2D eigenvalue weighted by atomic mass is 32.2. The van der Waals surface area contributed by atoms with E-state index in [1.165, 1.54) is 0 Å². The van der Waals surface area contributed by atoms with Crippen LogP contribution in [0.5, 0.6) is 11.5 Å². The zero-order chi connectivity index (χ0) is 15.8. The first-order valence-electron chi connectivity index (χ1n) is 7.76. The molecule has 1 aliphatic rings. The van der Waals surface area contributed by atoms with E-state index in [-0.39, 0.29) is 11.9 Å². The van der Waals surface area contributed by atoms with Crippen molar-refractivity contribution < 1.29 is 14.3 Å². The lowest BCUT2D eigenvalue weighted by atomic mass is 10.2. The van der Waals surface area contributed by atoms with Gasteiger partial charge in [0, 0.05) is 23.4 Å². The van der Waals surface area contributed by atoms with E-state index in [2.05, 4.69) is 24.5 Å². The Bertz CT molecular complexity index is 490. The normalized spacial score (nSPS) is 17.3. The van der Waals surface area contributed by atoms with Crippen LogP contribution in [-0.2, 0) is 4.79 Å². The monoisotopic (exact) mass is 324 g/mol. The van der Waals surface area contributed by atoms with Crippen molar-refractivity contribution in [3.63, 3.8) is 0 Å². The van der Waals surface area contributed by atoms with Crippen LogP contribution in [0.3, 0.4) is 0 Å². The molecule has 0 radical (unpaired) electrons. The van der Waals surface area contributed by atoms with Gasteiger partial charge in [-0.25, -0.2) is 0 Å². The second kappa shape index (κ2) is 8.90. The maximum Gasteiger partial charge on any atom is 0.242 e. The first-order valence-corrected chi connectivity index (χ1v) is 8.91. The lowest BCUT2D eigenvalue weighted by Crippen LogP contribution is -2.37. The molecule has 1 fully saturated rings. The molecule has 122 valence electrons. The molecule has 6 heteroatoms. The predicted molar refractivity (Wildman–Crippen MR) is 90.9 cm³/mol. The van der Waals surface area contributed by atoms with Gasteiger partial charge in [-0.15, -0.1) is 11.8 Å². The third-order valence-corrected chi connectivity index (χ3v) is 4.11. The van der Waals surface area contributed by atoms with Crippen LogP contribution in [0.4, 0.5) is 5.69 Å². The fourth-order valence-electron chi connectivity index (χ4n) is 2.03. The molecule has 1 aliphatic heterocycles. The zero-order valence-electron chi connectivity index (χ0n) is 13.2. The summed E-state index contributed by atoms with van der Waals surface area (Å²) in [6.07, 6.45) is 1.86. The minimum absolute atomic E-state index is 0.00586. The van der Waals surface area contributed by atoms with Crippen molar-refractivity contribution in [2.24, 2.45) is 0 Å². The van der Waals surface area contributed by atoms with Crippen molar-refractivity contribution in [2.45, 2.75) is 32.7 Å². The summed E-state index contributed by atoms with van der Waals surface area (Å²) < 4.78 is 11.4. The molecule has 1 atom stereocenters. The van der Waals surface area contributed by atoms with Crippen molar-refractivity contribution in [1.82, 2.24) is 5.32 Å². The van der Waals surface area contributed by atoms with Crippen LogP contribution >= 0.6 is 11.8 Å². The number of nitrogens with one attached hydrogen (secondary N) is 2. The first-order chi connectivity index (χ1) is 10.7. The van der Waals surface area contributed by atoms with E-state index < -0.39 is 0 Å². The van der Waals surface area contributed by atoms with Gasteiger partial charge in [-0.1, -0.05) is 13.8 Å². The van der Waals surface area contributed by atoms with Crippen molar-refractivity contribution in [3.8, 4) is 11.5 Å². The highest BCUT2D eigenvalue weighted by Crippen LogP contribution is 2.31. The van der Waals surface area contributed by atoms with Gasteiger partial charge in [-0.2, -0.15) is 0 Å². The molecular formula is C16H24N2O3S. The number of benzene rings is 1. The largest absolute Gasteiger partial charge is 0.490 e. The molecule has 1 heterocycles. The van der Waals surface area contributed by atoms with E-state index in [0.29, 0.717) is 19.0 Å². The number of amides is 1. The maximum absolute atomic E-state index is 12.1. The van der Waals surface area contributed by atoms with Gasteiger partial charge in [0.2, 0.25) is 5.91 Å². The summed E-state index contributed by atoms with van der Waals surface area (Å²) in [5.74, 6) is 3.04. The lowest BCUT2D eigenvalue weighted by molar-refractivity contribution is -0.117. The highest BCUT2D eigenvalue weighted by molar-refractivity contribution is 7.99. The molecule has 0 bridgehead atoms. The highest BCUT2D eigenvalue weighted by Gasteiger charge is 2.22. The van der Waals surface area contributed by atoms with E-state index in [4.69, 9.17) is 9.47 Å². The summed E-state index contributed by atoms with van der Waals surface area (Å²) in [7, 11) is 0. The second-order valence-corrected chi connectivity index (χ2v) is 6.15. The number of hydrogen-bond acceptors (Lipinski definition) is 5. The Morgan fingerprint density at radius 3 is 2.64 bits per heavy atom. The Morgan fingerprint density at radius 1 is 1.27 bits per heavy atom. The molecule has 1 amide bonds. The molecular weight excluding hydrogens is 300 g/mol. The predicted octanol–water partition coefficient (Wildman–Crippen LogP) is 2.87. The van der Waals surface area contributed by atoms with Crippen LogP contribution in [0.1, 0.15) is 26.7 Å². The average Bonchev–Trinajstić information content (AvgIpc) is 3.06. The van der Waals surface area contributed by atoms with E-state index in [1.54, 1.807) is 11.8 Å². The molecule has 0 aliphatic carbocycles. The molecule has 0 saturated carbocycles. The van der Waals surface area contributed by atoms with Gasteiger partial charge in [0.1, 0.15) is 0 Å². The number of thioether (sulfide) groups is 1. The molecule has 5 nitrogen and oxygen atoms in total. The quantitative estimate of drug-likeness (QED) is 0.770. The summed E-state index contributed by atoms with van der Waals surface area (Å²) in [5, 5.41) is 6.09. The number of carbonyl (C=O) groups is 1. The molecule has 1 aromatic carbocycles. The molecule has 2 N–H and O–H groups in total. The number of ether oxygens (including phenoxy) is 2. The minimum atomic E-state index is -0.124. The van der Waals surface area contributed by atoms with Crippen LogP contribution in [0.2, 0.25) is 0 Å². The molecule has 2 rings (SSSR count). The molecule has 0 spiro atoms. The maximum atomic E-state index is 12.1. The molecule has 0 aromatic heterocycles. The second-order valence-electron chi connectivity index (χ2n) is 5.12. The topological polar surface area (TPSA) is 59.6 Å². The van der Waals surface area contributed by atoms with Crippen molar-refractivity contribution in [2.75, 3.05) is 30.2 Å². The smallest absolute Gasteiger partial charge is 0.242 e. The minimum Gasteiger partial charge on any atom is -0.490 e. The summed E-state index contributed by atoms with van der Waals surface area (Å²) in [5.41, 5.74) is 0.735. The van der Waals surface area contributed by atoms with Crippen molar-refractivity contribution >= 4 is 23.4 Å². The van der Waals surface area contributed by atoms with Crippen LogP contribution in [0.15, 0.2) is 18.2 Å². The standard InChI is InChI=1S/C16H24N2O3S/c1-3-7-20-14-6-5-12(9-15(14)21-8-4-2)18-16(19)13-10-22-11-17-13/h5-6,9,13,17H,3-4,7-8,10-11H2,1-2H3,(H,18,19). The lowest BCUT2D eigenvalue weighted by Gasteiger charge is -2.15. The van der Waals surface area contributed by atoms with E-state index >= 15 is 0 Å². The summed E-state index contributed by atoms with van der Waals surface area (Å²) in [6.45, 7) is 5.40. The van der Waals surface area contributed by atoms with Gasteiger partial charge in [0.15, 0.2) is 11.5 Å². The van der Waals surface area contributed by atoms with Gasteiger partial charge in [-0.3, -0.25) is 10.1 Å². The van der Waals surface area contributed by atoms with Gasteiger partial charge < -0.3 is 14.8 Å². The van der Waals surface area contributed by atoms with Gasteiger partial charge in [-0.05, 0) is 25.0 Å². The molecule has 1 unspecified atom stereocenters. The molecule has 1 aromatic rings. The van der Waals surface area contributed by atoms with Crippen molar-refractivity contribution in [1.29, 1.82) is 0 Å². The van der Waals surface area contributed by atoms with Gasteiger partial charge in [0.25, 0.3) is 0 Å². The number of anilines is 1. The third kappa shape index (κ3) is 4.81. The van der Waals surface area contributed by atoms with Crippen LogP contribution in [0, 0.1) is 0 Å². The van der Waals surface area contributed by atoms with E-state index in [1.807, 2.05) is 18.2 Å². The Balaban J connectivity index is 2.05. The van der Waals surface area contributed by atoms with Gasteiger partial charge in [0.05, 0.1) is 19.3 Å². The Morgan fingerprint density at radius 2 is 2.00 bits per heavy atom. The fraction of sp³-hybridized carbons (Fsp3) is 0.562. The van der Waals surface area contributed by atoms with E-state index in [0.717, 1.165) is 35.9 Å². The molecule has 22 heavy (non-hydrogen) atoms. The zero-order valence-corrected chi connectivity index (χ0v) is 14.0. The molecule has 1 saturated heterocycles. The first kappa shape index (κ1) is 17.0. The van der Waals surface area contributed by atoms with Crippen LogP contribution in [-0.4, -0.2) is 36.8 Å². The average molecular weight is 324 g/mol. The number of rotatable bonds is 8. The summed E-state index contributed by atoms with van der Waals surface area (Å²) >= 11 is 1.73. The van der Waals surface area contributed by atoms with Gasteiger partial charge >= 0.3 is 0 Å². The number of hydrogen-bond donors (Lipinski definition) is 2. The van der Waals surface area contributed by atoms with Crippen molar-refractivity contribution in [3.05, 3.63) is 18.2 Å². The third-order valence-electron chi connectivity index (χ3n) is 3.17. The van der Waals surface area contributed by atoms with E-state index in [9.17, 15) is 4.79 Å². The van der Waals surface area contributed by atoms with Crippen LogP contribution in [0.25, 0.3) is 0 Å². The summed E-state index contributed by atoms with van der Waals surface area (Å²) in [6, 6.07) is 5.42. The van der Waals surface area contributed by atoms with Crippen LogP contribution < -0.4 is 20.1 Å². The Hall–Kier alpha value is -1.40. The summed E-state index contributed by atoms with van der Waals surface area (Å²) in [4.78, 5) is 12.1. The Kier molecular flexibility index (Phi) is 6.86. The Labute approximate surface area is 136 Å². The fourth-order valence-corrected chi connectivity index (χ4v) is 2.98. The number of carbonyl (C=O) groups excluding carboxylic acids is 1.